The van der Waals surface area contributed by atoms with Gasteiger partial charge in [0.05, 0.1) is 6.04 Å². The molecule has 2 unspecified atom stereocenters. The second kappa shape index (κ2) is 6.84. The number of halogens is 1. The Kier molecular flexibility index (Phi) is 5.12. The van der Waals surface area contributed by atoms with Gasteiger partial charge in [0.1, 0.15) is 5.82 Å². The predicted molar refractivity (Wildman–Crippen MR) is 77.7 cm³/mol. The number of amides is 1. The monoisotopic (exact) mass is 278 g/mol. The van der Waals surface area contributed by atoms with Crippen molar-refractivity contribution in [2.45, 2.75) is 39.3 Å². The average molecular weight is 278 g/mol. The maximum absolute atomic E-state index is 13.5. The molecular formula is C16H23FN2O. The molecular weight excluding hydrogens is 255 g/mol. The first kappa shape index (κ1) is 15.0. The predicted octanol–water partition coefficient (Wildman–Crippen LogP) is 2.56. The molecule has 1 aliphatic rings. The highest BCUT2D eigenvalue weighted by molar-refractivity contribution is 5.81. The first-order valence-electron chi connectivity index (χ1n) is 7.33. The van der Waals surface area contributed by atoms with E-state index in [9.17, 15) is 9.18 Å². The summed E-state index contributed by atoms with van der Waals surface area (Å²) in [6.45, 7) is 6.33. The van der Waals surface area contributed by atoms with Gasteiger partial charge in [0.25, 0.3) is 0 Å². The SMILES string of the molecule is CC1CCCN(C(C)C(=O)NCc2ccccc2F)C1. The normalized spacial score (nSPS) is 21.4. The van der Waals surface area contributed by atoms with Crippen LogP contribution in [0.2, 0.25) is 0 Å². The largest absolute Gasteiger partial charge is 0.351 e. The van der Waals surface area contributed by atoms with E-state index in [1.165, 1.54) is 12.5 Å². The number of hydrogen-bond donors (Lipinski definition) is 1. The average Bonchev–Trinajstić information content (AvgIpc) is 2.45. The quantitative estimate of drug-likeness (QED) is 0.918. The molecule has 0 aromatic heterocycles. The molecule has 110 valence electrons. The number of carbonyl (C=O) groups excluding carboxylic acids is 1. The minimum Gasteiger partial charge on any atom is -0.351 e. The lowest BCUT2D eigenvalue weighted by Crippen LogP contribution is -2.48. The van der Waals surface area contributed by atoms with E-state index in [4.69, 9.17) is 0 Å². The van der Waals surface area contributed by atoms with Gasteiger partial charge in [-0.1, -0.05) is 25.1 Å². The van der Waals surface area contributed by atoms with Gasteiger partial charge in [-0.05, 0) is 38.3 Å². The highest BCUT2D eigenvalue weighted by Gasteiger charge is 2.25. The molecule has 0 saturated carbocycles. The van der Waals surface area contributed by atoms with E-state index in [2.05, 4.69) is 17.1 Å². The van der Waals surface area contributed by atoms with Gasteiger partial charge in [-0.3, -0.25) is 9.69 Å². The number of benzene rings is 1. The molecule has 3 nitrogen and oxygen atoms in total. The van der Waals surface area contributed by atoms with Crippen LogP contribution in [-0.4, -0.2) is 29.9 Å². The fraction of sp³-hybridized carbons (Fsp3) is 0.562. The standard InChI is InChI=1S/C16H23FN2O/c1-12-6-5-9-19(11-12)13(2)16(20)18-10-14-7-3-4-8-15(14)17/h3-4,7-8,12-13H,5-6,9-11H2,1-2H3,(H,18,20). The van der Waals surface area contributed by atoms with Gasteiger partial charge in [-0.15, -0.1) is 0 Å². The summed E-state index contributed by atoms with van der Waals surface area (Å²) < 4.78 is 13.5. The van der Waals surface area contributed by atoms with Gasteiger partial charge in [-0.25, -0.2) is 4.39 Å². The van der Waals surface area contributed by atoms with Crippen molar-refractivity contribution < 1.29 is 9.18 Å². The van der Waals surface area contributed by atoms with Crippen LogP contribution < -0.4 is 5.32 Å². The first-order chi connectivity index (χ1) is 9.58. The van der Waals surface area contributed by atoms with Crippen LogP contribution in [0, 0.1) is 11.7 Å². The van der Waals surface area contributed by atoms with E-state index in [0.717, 1.165) is 19.5 Å². The Bertz CT molecular complexity index is 464. The van der Waals surface area contributed by atoms with Crippen molar-refractivity contribution in [1.82, 2.24) is 10.2 Å². The summed E-state index contributed by atoms with van der Waals surface area (Å²) in [7, 11) is 0. The van der Waals surface area contributed by atoms with Crippen LogP contribution in [-0.2, 0) is 11.3 Å². The third kappa shape index (κ3) is 3.79. The number of likely N-dealkylation sites (tertiary alicyclic amines) is 1. The summed E-state index contributed by atoms with van der Waals surface area (Å²) in [5, 5.41) is 2.83. The molecule has 0 spiro atoms. The fourth-order valence-corrected chi connectivity index (χ4v) is 2.72. The lowest BCUT2D eigenvalue weighted by Gasteiger charge is -2.34. The molecule has 1 aliphatic heterocycles. The second-order valence-corrected chi connectivity index (χ2v) is 5.73. The van der Waals surface area contributed by atoms with Crippen molar-refractivity contribution >= 4 is 5.91 Å². The van der Waals surface area contributed by atoms with Crippen molar-refractivity contribution in [3.05, 3.63) is 35.6 Å². The smallest absolute Gasteiger partial charge is 0.237 e. The number of rotatable bonds is 4. The molecule has 4 heteroatoms. The molecule has 1 amide bonds. The highest BCUT2D eigenvalue weighted by Crippen LogP contribution is 2.17. The number of hydrogen-bond acceptors (Lipinski definition) is 2. The zero-order chi connectivity index (χ0) is 14.5. The van der Waals surface area contributed by atoms with Crippen LogP contribution in [0.3, 0.4) is 0 Å². The Balaban J connectivity index is 1.86. The summed E-state index contributed by atoms with van der Waals surface area (Å²) >= 11 is 0. The number of carbonyl (C=O) groups is 1. The van der Waals surface area contributed by atoms with Gasteiger partial charge in [0.2, 0.25) is 5.91 Å². The van der Waals surface area contributed by atoms with Crippen molar-refractivity contribution in [3.63, 3.8) is 0 Å². The topological polar surface area (TPSA) is 32.3 Å². The minimum absolute atomic E-state index is 0.0256. The van der Waals surface area contributed by atoms with E-state index >= 15 is 0 Å². The summed E-state index contributed by atoms with van der Waals surface area (Å²) in [5.41, 5.74) is 0.528. The third-order valence-electron chi connectivity index (χ3n) is 4.03. The van der Waals surface area contributed by atoms with Crippen molar-refractivity contribution in [2.75, 3.05) is 13.1 Å². The molecule has 2 rings (SSSR count). The number of piperidine rings is 1. The van der Waals surface area contributed by atoms with Crippen LogP contribution in [0.5, 0.6) is 0 Å². The van der Waals surface area contributed by atoms with Crippen LogP contribution in [0.4, 0.5) is 4.39 Å². The summed E-state index contributed by atoms with van der Waals surface area (Å²) in [6, 6.07) is 6.39. The number of nitrogens with one attached hydrogen (secondary N) is 1. The molecule has 2 atom stereocenters. The molecule has 0 aliphatic carbocycles. The molecule has 1 saturated heterocycles. The van der Waals surface area contributed by atoms with Crippen LogP contribution in [0.1, 0.15) is 32.3 Å². The number of nitrogens with zero attached hydrogens (tertiary/aromatic N) is 1. The maximum Gasteiger partial charge on any atom is 0.237 e. The van der Waals surface area contributed by atoms with E-state index in [0.29, 0.717) is 11.5 Å². The third-order valence-corrected chi connectivity index (χ3v) is 4.03. The van der Waals surface area contributed by atoms with Crippen molar-refractivity contribution in [1.29, 1.82) is 0 Å². The summed E-state index contributed by atoms with van der Waals surface area (Å²) in [4.78, 5) is 14.4. The van der Waals surface area contributed by atoms with E-state index < -0.39 is 0 Å². The molecule has 1 aromatic carbocycles. The lowest BCUT2D eigenvalue weighted by molar-refractivity contribution is -0.126. The minimum atomic E-state index is -0.271. The summed E-state index contributed by atoms with van der Waals surface area (Å²) in [6.07, 6.45) is 2.38. The van der Waals surface area contributed by atoms with Crippen LogP contribution >= 0.6 is 0 Å². The zero-order valence-corrected chi connectivity index (χ0v) is 12.2. The van der Waals surface area contributed by atoms with Gasteiger partial charge >= 0.3 is 0 Å². The Morgan fingerprint density at radius 3 is 2.95 bits per heavy atom. The molecule has 1 aromatic rings. The maximum atomic E-state index is 13.5. The van der Waals surface area contributed by atoms with E-state index in [1.807, 2.05) is 6.92 Å². The molecule has 1 fully saturated rings. The Labute approximate surface area is 120 Å². The molecule has 1 heterocycles. The molecule has 20 heavy (non-hydrogen) atoms. The van der Waals surface area contributed by atoms with E-state index in [1.54, 1.807) is 18.2 Å². The van der Waals surface area contributed by atoms with Gasteiger partial charge in [0, 0.05) is 18.7 Å². The highest BCUT2D eigenvalue weighted by atomic mass is 19.1. The Morgan fingerprint density at radius 1 is 1.50 bits per heavy atom. The Morgan fingerprint density at radius 2 is 2.25 bits per heavy atom. The molecule has 1 N–H and O–H groups in total. The first-order valence-corrected chi connectivity index (χ1v) is 7.33. The fourth-order valence-electron chi connectivity index (χ4n) is 2.72. The zero-order valence-electron chi connectivity index (χ0n) is 12.2. The van der Waals surface area contributed by atoms with Gasteiger partial charge in [-0.2, -0.15) is 0 Å². The van der Waals surface area contributed by atoms with Gasteiger partial charge in [0.15, 0.2) is 0 Å². The van der Waals surface area contributed by atoms with Crippen LogP contribution in [0.15, 0.2) is 24.3 Å². The molecule has 0 radical (unpaired) electrons. The Hall–Kier alpha value is -1.42. The summed E-state index contributed by atoms with van der Waals surface area (Å²) in [5.74, 6) is 0.347. The lowest BCUT2D eigenvalue weighted by atomic mass is 9.99. The van der Waals surface area contributed by atoms with Crippen molar-refractivity contribution in [2.24, 2.45) is 5.92 Å². The second-order valence-electron chi connectivity index (χ2n) is 5.73. The van der Waals surface area contributed by atoms with Gasteiger partial charge < -0.3 is 5.32 Å². The molecule has 0 bridgehead atoms. The van der Waals surface area contributed by atoms with Crippen LogP contribution in [0.25, 0.3) is 0 Å². The van der Waals surface area contributed by atoms with Crippen molar-refractivity contribution in [3.8, 4) is 0 Å². The van der Waals surface area contributed by atoms with E-state index in [-0.39, 0.29) is 24.3 Å².